The van der Waals surface area contributed by atoms with Gasteiger partial charge in [-0.2, -0.15) is 4.31 Å². The third-order valence-electron chi connectivity index (χ3n) is 5.61. The Morgan fingerprint density at radius 3 is 2.31 bits per heavy atom. The van der Waals surface area contributed by atoms with E-state index in [9.17, 15) is 12.8 Å². The van der Waals surface area contributed by atoms with Gasteiger partial charge in [0.1, 0.15) is 16.6 Å². The van der Waals surface area contributed by atoms with Gasteiger partial charge in [-0.1, -0.05) is 6.92 Å². The quantitative estimate of drug-likeness (QED) is 0.622. The minimum Gasteiger partial charge on any atom is -0.497 e. The van der Waals surface area contributed by atoms with E-state index in [2.05, 4.69) is 6.92 Å². The number of hydrogen-bond donors (Lipinski definition) is 0. The van der Waals surface area contributed by atoms with Gasteiger partial charge >= 0.3 is 0 Å². The third kappa shape index (κ3) is 4.60. The van der Waals surface area contributed by atoms with Crippen LogP contribution in [0.5, 0.6) is 5.75 Å². The molecule has 170 valence electrons. The summed E-state index contributed by atoms with van der Waals surface area (Å²) in [6.45, 7) is 2.75. The molecule has 0 aliphatic carbocycles. The monoisotopic (exact) mass is 475 g/mol. The molecule has 32 heavy (non-hydrogen) atoms. The largest absolute Gasteiger partial charge is 0.497 e. The van der Waals surface area contributed by atoms with E-state index in [1.807, 2.05) is 24.3 Å². The number of ether oxygens (including phenoxy) is 1. The lowest BCUT2D eigenvalue weighted by molar-refractivity contribution is 0.249. The van der Waals surface area contributed by atoms with Crippen LogP contribution in [0.3, 0.4) is 0 Å². The standard InChI is InChI=1S/C23H26FN3O3S2/c1-3-16-31-22-21(17-4-8-19(30-2)9-5-17)25-23(26-22)12-14-27(15-13-23)32(28,29)20-10-6-18(24)7-11-20/h4-11H,3,12-16H2,1-2H3. The first-order valence-corrected chi connectivity index (χ1v) is 13.0. The number of halogens is 1. The smallest absolute Gasteiger partial charge is 0.243 e. The maximum atomic E-state index is 13.2. The number of piperidine rings is 1. The minimum absolute atomic E-state index is 0.103. The Morgan fingerprint density at radius 2 is 1.72 bits per heavy atom. The zero-order valence-electron chi connectivity index (χ0n) is 18.1. The van der Waals surface area contributed by atoms with E-state index < -0.39 is 21.5 Å². The lowest BCUT2D eigenvalue weighted by atomic mass is 10.00. The summed E-state index contributed by atoms with van der Waals surface area (Å²) >= 11 is 1.69. The zero-order chi connectivity index (χ0) is 22.8. The molecular formula is C23H26FN3O3S2. The Bertz CT molecular complexity index is 1120. The van der Waals surface area contributed by atoms with Crippen molar-refractivity contribution < 1.29 is 17.5 Å². The van der Waals surface area contributed by atoms with Gasteiger partial charge < -0.3 is 4.74 Å². The van der Waals surface area contributed by atoms with Crippen molar-refractivity contribution in [1.29, 1.82) is 0 Å². The van der Waals surface area contributed by atoms with Gasteiger partial charge in [-0.3, -0.25) is 4.99 Å². The van der Waals surface area contributed by atoms with Crippen molar-refractivity contribution in [3.8, 4) is 5.75 Å². The minimum atomic E-state index is -3.68. The Balaban J connectivity index is 1.56. The molecule has 2 aromatic carbocycles. The van der Waals surface area contributed by atoms with Gasteiger partial charge in [-0.05, 0) is 60.7 Å². The SMILES string of the molecule is CCCSC1=NC2(CCN(S(=O)(=O)c3ccc(F)cc3)CC2)N=C1c1ccc(OC)cc1. The molecule has 1 spiro atoms. The number of nitrogens with zero attached hydrogens (tertiary/aromatic N) is 3. The first-order valence-electron chi connectivity index (χ1n) is 10.6. The normalized spacial score (nSPS) is 18.5. The molecule has 9 heteroatoms. The van der Waals surface area contributed by atoms with Crippen LogP contribution in [0.4, 0.5) is 4.39 Å². The summed E-state index contributed by atoms with van der Waals surface area (Å²) in [7, 11) is -2.04. The van der Waals surface area contributed by atoms with Gasteiger partial charge in [0, 0.05) is 31.5 Å². The Labute approximate surface area is 192 Å². The second kappa shape index (κ2) is 9.33. The first-order chi connectivity index (χ1) is 15.4. The molecule has 1 fully saturated rings. The molecule has 0 bridgehead atoms. The van der Waals surface area contributed by atoms with Crippen molar-refractivity contribution in [3.05, 3.63) is 59.9 Å². The number of hydrogen-bond acceptors (Lipinski definition) is 6. The molecular weight excluding hydrogens is 449 g/mol. The van der Waals surface area contributed by atoms with E-state index in [1.165, 1.54) is 28.6 Å². The fourth-order valence-corrected chi connectivity index (χ4v) is 6.20. The maximum absolute atomic E-state index is 13.2. The summed E-state index contributed by atoms with van der Waals surface area (Å²) in [4.78, 5) is 10.1. The van der Waals surface area contributed by atoms with Crippen molar-refractivity contribution in [2.45, 2.75) is 36.7 Å². The van der Waals surface area contributed by atoms with E-state index in [-0.39, 0.29) is 4.90 Å². The van der Waals surface area contributed by atoms with Crippen LogP contribution in [0.25, 0.3) is 0 Å². The molecule has 0 N–H and O–H groups in total. The highest BCUT2D eigenvalue weighted by atomic mass is 32.2. The molecule has 2 heterocycles. The van der Waals surface area contributed by atoms with Crippen LogP contribution in [0.15, 0.2) is 63.4 Å². The van der Waals surface area contributed by atoms with Crippen molar-refractivity contribution in [1.82, 2.24) is 4.31 Å². The van der Waals surface area contributed by atoms with Crippen LogP contribution in [0.1, 0.15) is 31.7 Å². The van der Waals surface area contributed by atoms with Gasteiger partial charge in [0.25, 0.3) is 0 Å². The Hall–Kier alpha value is -2.23. The topological polar surface area (TPSA) is 71.3 Å². The molecule has 0 unspecified atom stereocenters. The molecule has 0 atom stereocenters. The van der Waals surface area contributed by atoms with E-state index in [0.29, 0.717) is 25.9 Å². The van der Waals surface area contributed by atoms with Gasteiger partial charge in [-0.15, -0.1) is 11.8 Å². The Morgan fingerprint density at radius 1 is 1.06 bits per heavy atom. The molecule has 2 aliphatic rings. The average molecular weight is 476 g/mol. The number of aliphatic imine (C=N–C) groups is 2. The molecule has 0 amide bonds. The van der Waals surface area contributed by atoms with Crippen molar-refractivity contribution >= 4 is 32.5 Å². The fourth-order valence-electron chi connectivity index (χ4n) is 3.82. The van der Waals surface area contributed by atoms with Gasteiger partial charge in [0.15, 0.2) is 5.66 Å². The molecule has 0 saturated carbocycles. The summed E-state index contributed by atoms with van der Waals surface area (Å²) in [5, 5.41) is 0.909. The molecule has 2 aliphatic heterocycles. The summed E-state index contributed by atoms with van der Waals surface area (Å²) in [6, 6.07) is 12.7. The highest BCUT2D eigenvalue weighted by Crippen LogP contribution is 2.37. The molecule has 0 aromatic heterocycles. The van der Waals surface area contributed by atoms with Crippen LogP contribution >= 0.6 is 11.8 Å². The van der Waals surface area contributed by atoms with Crippen LogP contribution in [0.2, 0.25) is 0 Å². The number of benzene rings is 2. The summed E-state index contributed by atoms with van der Waals surface area (Å²) in [5.41, 5.74) is 1.20. The number of sulfonamides is 1. The lowest BCUT2D eigenvalue weighted by Gasteiger charge is -2.34. The van der Waals surface area contributed by atoms with Gasteiger partial charge in [0.2, 0.25) is 10.0 Å². The summed E-state index contributed by atoms with van der Waals surface area (Å²) in [6.07, 6.45) is 2.03. The number of thioether (sulfide) groups is 1. The highest BCUT2D eigenvalue weighted by Gasteiger charge is 2.42. The Kier molecular flexibility index (Phi) is 6.69. The van der Waals surface area contributed by atoms with Crippen LogP contribution in [-0.2, 0) is 10.0 Å². The van der Waals surface area contributed by atoms with Crippen LogP contribution < -0.4 is 4.74 Å². The molecule has 1 saturated heterocycles. The first kappa shape index (κ1) is 22.9. The highest BCUT2D eigenvalue weighted by molar-refractivity contribution is 8.15. The molecule has 0 radical (unpaired) electrons. The van der Waals surface area contributed by atoms with Gasteiger partial charge in [-0.25, -0.2) is 17.8 Å². The van der Waals surface area contributed by atoms with E-state index >= 15 is 0 Å². The second-order valence-corrected chi connectivity index (χ2v) is 10.8. The second-order valence-electron chi connectivity index (χ2n) is 7.79. The molecule has 6 nitrogen and oxygen atoms in total. The van der Waals surface area contributed by atoms with Gasteiger partial charge in [0.05, 0.1) is 17.7 Å². The van der Waals surface area contributed by atoms with E-state index in [4.69, 9.17) is 14.7 Å². The molecule has 2 aromatic rings. The van der Waals surface area contributed by atoms with Crippen LogP contribution in [-0.4, -0.2) is 55.1 Å². The zero-order valence-corrected chi connectivity index (χ0v) is 19.8. The fraction of sp³-hybridized carbons (Fsp3) is 0.391. The summed E-state index contributed by atoms with van der Waals surface area (Å²) < 4.78 is 45.9. The van der Waals surface area contributed by atoms with Crippen LogP contribution in [0, 0.1) is 5.82 Å². The average Bonchev–Trinajstić information content (AvgIpc) is 3.16. The van der Waals surface area contributed by atoms with Crippen molar-refractivity contribution in [2.24, 2.45) is 9.98 Å². The van der Waals surface area contributed by atoms with E-state index in [0.717, 1.165) is 34.2 Å². The maximum Gasteiger partial charge on any atom is 0.243 e. The van der Waals surface area contributed by atoms with Crippen molar-refractivity contribution in [2.75, 3.05) is 26.0 Å². The van der Waals surface area contributed by atoms with Crippen molar-refractivity contribution in [3.63, 3.8) is 0 Å². The molecule has 4 rings (SSSR count). The third-order valence-corrected chi connectivity index (χ3v) is 8.70. The van der Waals surface area contributed by atoms with E-state index in [1.54, 1.807) is 18.9 Å². The number of rotatable bonds is 6. The predicted octanol–water partition coefficient (Wildman–Crippen LogP) is 4.36. The summed E-state index contributed by atoms with van der Waals surface area (Å²) in [5.74, 6) is 1.26. The lowest BCUT2D eigenvalue weighted by Crippen LogP contribution is -2.44. The predicted molar refractivity (Wildman–Crippen MR) is 127 cm³/mol. The number of methoxy groups -OCH3 is 1.